The van der Waals surface area contributed by atoms with E-state index in [4.69, 9.17) is 5.73 Å². The van der Waals surface area contributed by atoms with Crippen molar-refractivity contribution < 1.29 is 0 Å². The number of rotatable bonds is 0. The Balaban J connectivity index is 2.48. The van der Waals surface area contributed by atoms with Crippen LogP contribution in [0.4, 0.5) is 5.95 Å². The molecule has 3 rings (SSSR count). The van der Waals surface area contributed by atoms with Gasteiger partial charge in [-0.1, -0.05) is 5.92 Å². The number of nitrogens with two attached hydrogens (primary N) is 1. The van der Waals surface area contributed by atoms with Crippen molar-refractivity contribution in [3.8, 4) is 11.8 Å². The van der Waals surface area contributed by atoms with Gasteiger partial charge in [0.25, 0.3) is 0 Å². The molecule has 0 radical (unpaired) electrons. The smallest absolute Gasteiger partial charge is 0.225 e. The first-order valence-electron chi connectivity index (χ1n) is 4.57. The van der Waals surface area contributed by atoms with Crippen LogP contribution in [0.1, 0.15) is 12.7 Å². The SMILES string of the molecule is CC#Cc1nc2nc(N)n3ncnc3c2[nH]1. The van der Waals surface area contributed by atoms with Gasteiger partial charge in [-0.05, 0) is 12.8 Å². The van der Waals surface area contributed by atoms with Crippen LogP contribution < -0.4 is 5.73 Å². The standard InChI is InChI=1S/C9H7N7/c1-2-3-5-13-6-7(14-5)15-9(10)16-8(6)11-4-12-16/h4H,1H3,(H2,10,15)(H,13,14). The zero-order valence-corrected chi connectivity index (χ0v) is 8.39. The number of nitrogens with one attached hydrogen (secondary N) is 1. The lowest BCUT2D eigenvalue weighted by Crippen LogP contribution is -2.02. The minimum absolute atomic E-state index is 0.252. The molecule has 0 aliphatic rings. The molecule has 7 nitrogen and oxygen atoms in total. The molecule has 0 spiro atoms. The lowest BCUT2D eigenvalue weighted by Gasteiger charge is -1.95. The molecule has 3 heterocycles. The van der Waals surface area contributed by atoms with Gasteiger partial charge in [-0.3, -0.25) is 0 Å². The highest BCUT2D eigenvalue weighted by Crippen LogP contribution is 2.15. The van der Waals surface area contributed by atoms with E-state index in [9.17, 15) is 0 Å². The van der Waals surface area contributed by atoms with E-state index in [-0.39, 0.29) is 5.95 Å². The second-order valence-electron chi connectivity index (χ2n) is 3.12. The molecule has 3 aromatic rings. The number of aromatic nitrogens is 6. The van der Waals surface area contributed by atoms with E-state index in [0.717, 1.165) is 0 Å². The first-order chi connectivity index (χ1) is 7.79. The molecule has 0 unspecified atom stereocenters. The predicted molar refractivity (Wildman–Crippen MR) is 57.4 cm³/mol. The molecule has 3 aromatic heterocycles. The number of fused-ring (bicyclic) bond motifs is 3. The van der Waals surface area contributed by atoms with Crippen molar-refractivity contribution >= 4 is 22.8 Å². The van der Waals surface area contributed by atoms with Gasteiger partial charge in [0, 0.05) is 0 Å². The first kappa shape index (κ1) is 8.67. The average Bonchev–Trinajstić information content (AvgIpc) is 2.83. The van der Waals surface area contributed by atoms with Gasteiger partial charge in [0.2, 0.25) is 5.95 Å². The number of hydrogen-bond acceptors (Lipinski definition) is 5. The van der Waals surface area contributed by atoms with E-state index >= 15 is 0 Å². The number of hydrogen-bond donors (Lipinski definition) is 2. The maximum atomic E-state index is 5.71. The lowest BCUT2D eigenvalue weighted by atomic mass is 10.5. The van der Waals surface area contributed by atoms with Gasteiger partial charge in [0.05, 0.1) is 0 Å². The molecule has 0 aliphatic carbocycles. The number of H-pyrrole nitrogens is 1. The van der Waals surface area contributed by atoms with Gasteiger partial charge < -0.3 is 10.7 Å². The molecule has 0 saturated carbocycles. The van der Waals surface area contributed by atoms with Crippen molar-refractivity contribution in [2.24, 2.45) is 0 Å². The molecule has 0 atom stereocenters. The Bertz CT molecular complexity index is 739. The summed E-state index contributed by atoms with van der Waals surface area (Å²) < 4.78 is 1.45. The van der Waals surface area contributed by atoms with Crippen LogP contribution >= 0.6 is 0 Å². The van der Waals surface area contributed by atoms with E-state index in [0.29, 0.717) is 22.6 Å². The summed E-state index contributed by atoms with van der Waals surface area (Å²) in [7, 11) is 0. The van der Waals surface area contributed by atoms with Crippen molar-refractivity contribution in [3.63, 3.8) is 0 Å². The Kier molecular flexibility index (Phi) is 1.59. The number of aromatic amines is 1. The molecule has 0 amide bonds. The van der Waals surface area contributed by atoms with E-state index in [1.807, 2.05) is 0 Å². The zero-order chi connectivity index (χ0) is 11.1. The van der Waals surface area contributed by atoms with Crippen molar-refractivity contribution in [2.45, 2.75) is 6.92 Å². The molecule has 0 aromatic carbocycles. The van der Waals surface area contributed by atoms with Crippen molar-refractivity contribution in [1.82, 2.24) is 29.5 Å². The highest BCUT2D eigenvalue weighted by Gasteiger charge is 2.11. The third kappa shape index (κ3) is 1.04. The van der Waals surface area contributed by atoms with E-state index in [2.05, 4.69) is 36.9 Å². The highest BCUT2D eigenvalue weighted by molar-refractivity contribution is 5.86. The summed E-state index contributed by atoms with van der Waals surface area (Å²) in [6.07, 6.45) is 1.42. The Morgan fingerprint density at radius 1 is 1.44 bits per heavy atom. The highest BCUT2D eigenvalue weighted by atomic mass is 15.3. The van der Waals surface area contributed by atoms with Crippen LogP contribution in [0.25, 0.3) is 16.8 Å². The summed E-state index contributed by atoms with van der Waals surface area (Å²) in [4.78, 5) is 15.4. The zero-order valence-electron chi connectivity index (χ0n) is 8.39. The minimum Gasteiger partial charge on any atom is -0.368 e. The maximum Gasteiger partial charge on any atom is 0.225 e. The second kappa shape index (κ2) is 2.93. The summed E-state index contributed by atoms with van der Waals surface area (Å²) in [5.74, 6) is 6.37. The third-order valence-corrected chi connectivity index (χ3v) is 2.14. The van der Waals surface area contributed by atoms with Gasteiger partial charge in [0.1, 0.15) is 11.8 Å². The Labute approximate surface area is 89.7 Å². The monoisotopic (exact) mass is 213 g/mol. The number of imidazole rings is 1. The summed E-state index contributed by atoms with van der Waals surface area (Å²) in [6.45, 7) is 1.74. The van der Waals surface area contributed by atoms with E-state index in [1.54, 1.807) is 6.92 Å². The van der Waals surface area contributed by atoms with Crippen LogP contribution in [0, 0.1) is 11.8 Å². The quantitative estimate of drug-likeness (QED) is 0.510. The van der Waals surface area contributed by atoms with Gasteiger partial charge in [-0.25, -0.2) is 9.97 Å². The second-order valence-corrected chi connectivity index (χ2v) is 3.12. The van der Waals surface area contributed by atoms with Crippen LogP contribution in [0.2, 0.25) is 0 Å². The predicted octanol–water partition coefficient (Wildman–Crippen LogP) is -0.0458. The Hall–Kier alpha value is -2.62. The van der Waals surface area contributed by atoms with Crippen molar-refractivity contribution in [2.75, 3.05) is 5.73 Å². The van der Waals surface area contributed by atoms with Crippen molar-refractivity contribution in [1.29, 1.82) is 0 Å². The normalized spacial score (nSPS) is 10.6. The number of nitrogen functional groups attached to an aromatic ring is 1. The fourth-order valence-electron chi connectivity index (χ4n) is 1.51. The minimum atomic E-state index is 0.252. The molecule has 16 heavy (non-hydrogen) atoms. The van der Waals surface area contributed by atoms with Crippen LogP contribution in [-0.2, 0) is 0 Å². The lowest BCUT2D eigenvalue weighted by molar-refractivity contribution is 0.948. The summed E-state index contributed by atoms with van der Waals surface area (Å²) in [5, 5.41) is 3.96. The number of anilines is 1. The molecule has 0 saturated heterocycles. The van der Waals surface area contributed by atoms with Gasteiger partial charge >= 0.3 is 0 Å². The Morgan fingerprint density at radius 2 is 2.31 bits per heavy atom. The summed E-state index contributed by atoms with van der Waals surface area (Å²) >= 11 is 0. The third-order valence-electron chi connectivity index (χ3n) is 2.14. The fraction of sp³-hybridized carbons (Fsp3) is 0.111. The van der Waals surface area contributed by atoms with Crippen molar-refractivity contribution in [3.05, 3.63) is 12.2 Å². The molecule has 7 heteroatoms. The van der Waals surface area contributed by atoms with Crippen LogP contribution in [0.3, 0.4) is 0 Å². The van der Waals surface area contributed by atoms with Gasteiger partial charge in [0.15, 0.2) is 17.1 Å². The first-order valence-corrected chi connectivity index (χ1v) is 4.57. The molecular formula is C9H7N7. The molecule has 0 fully saturated rings. The summed E-state index contributed by atoms with van der Waals surface area (Å²) in [5.41, 5.74) is 7.49. The van der Waals surface area contributed by atoms with Gasteiger partial charge in [-0.15, -0.1) is 0 Å². The van der Waals surface area contributed by atoms with Crippen LogP contribution in [-0.4, -0.2) is 29.5 Å². The average molecular weight is 213 g/mol. The molecule has 0 aliphatic heterocycles. The summed E-state index contributed by atoms with van der Waals surface area (Å²) in [6, 6.07) is 0. The maximum absolute atomic E-state index is 5.71. The van der Waals surface area contributed by atoms with Crippen LogP contribution in [0.15, 0.2) is 6.33 Å². The molecular weight excluding hydrogens is 206 g/mol. The largest absolute Gasteiger partial charge is 0.368 e. The topological polar surface area (TPSA) is 97.8 Å². The Morgan fingerprint density at radius 3 is 3.12 bits per heavy atom. The fourth-order valence-corrected chi connectivity index (χ4v) is 1.51. The van der Waals surface area contributed by atoms with Crippen LogP contribution in [0.5, 0.6) is 0 Å². The van der Waals surface area contributed by atoms with Gasteiger partial charge in [-0.2, -0.15) is 14.6 Å². The molecule has 78 valence electrons. The molecule has 0 bridgehead atoms. The van der Waals surface area contributed by atoms with E-state index < -0.39 is 0 Å². The number of nitrogens with zero attached hydrogens (tertiary/aromatic N) is 5. The van der Waals surface area contributed by atoms with E-state index in [1.165, 1.54) is 10.8 Å². The molecule has 3 N–H and O–H groups in total.